The number of anilines is 1. The number of amides is 1. The van der Waals surface area contributed by atoms with Gasteiger partial charge in [-0.1, -0.05) is 31.2 Å². The number of hydrogen-bond acceptors (Lipinski definition) is 9. The molecule has 0 radical (unpaired) electrons. The molecule has 0 spiro atoms. The topological polar surface area (TPSA) is 140 Å². The third-order valence-electron chi connectivity index (χ3n) is 6.03. The zero-order valence-corrected chi connectivity index (χ0v) is 22.6. The molecule has 12 nitrogen and oxygen atoms in total. The van der Waals surface area contributed by atoms with Crippen molar-refractivity contribution >= 4 is 39.6 Å². The number of aromatic nitrogens is 4. The highest BCUT2D eigenvalue weighted by Gasteiger charge is 2.20. The highest BCUT2D eigenvalue weighted by Crippen LogP contribution is 2.40. The van der Waals surface area contributed by atoms with E-state index in [2.05, 4.69) is 35.5 Å². The van der Waals surface area contributed by atoms with Gasteiger partial charge in [0.2, 0.25) is 0 Å². The molecule has 0 saturated heterocycles. The molecule has 5 aromatic rings. The third kappa shape index (κ3) is 6.22. The summed E-state index contributed by atoms with van der Waals surface area (Å²) in [7, 11) is 0. The summed E-state index contributed by atoms with van der Waals surface area (Å²) in [6.45, 7) is 11.1. The van der Waals surface area contributed by atoms with E-state index in [0.717, 1.165) is 6.42 Å². The molecule has 0 unspecified atom stereocenters. The summed E-state index contributed by atoms with van der Waals surface area (Å²) in [4.78, 5) is 25.1. The maximum atomic E-state index is 13.3. The molecule has 2 N–H and O–H groups in total. The highest BCUT2D eigenvalue weighted by atomic mass is 16.5. The largest absolute Gasteiger partial charge is 0.505 e. The van der Waals surface area contributed by atoms with E-state index >= 15 is 0 Å². The normalized spacial score (nSPS) is 11.0. The average molecular weight is 563 g/mol. The Morgan fingerprint density at radius 2 is 1.83 bits per heavy atom. The fourth-order valence-corrected chi connectivity index (χ4v) is 4.04. The van der Waals surface area contributed by atoms with Crippen molar-refractivity contribution in [2.24, 2.45) is 10.2 Å². The van der Waals surface area contributed by atoms with Crippen LogP contribution in [-0.4, -0.2) is 50.6 Å². The van der Waals surface area contributed by atoms with E-state index < -0.39 is 5.91 Å². The lowest BCUT2D eigenvalue weighted by atomic mass is 10.0. The first kappa shape index (κ1) is 27.9. The summed E-state index contributed by atoms with van der Waals surface area (Å²) in [6.07, 6.45) is 5.35. The van der Waals surface area contributed by atoms with Gasteiger partial charge in [-0.05, 0) is 48.2 Å². The Kier molecular flexibility index (Phi) is 8.71. The summed E-state index contributed by atoms with van der Waals surface area (Å²) in [5.41, 5.74) is 0.690. The molecule has 3 aromatic carbocycles. The molecule has 0 fully saturated rings. The van der Waals surface area contributed by atoms with Gasteiger partial charge >= 0.3 is 0 Å². The predicted octanol–water partition coefficient (Wildman–Crippen LogP) is 6.54. The number of nitrogens with one attached hydrogen (secondary N) is 1. The Balaban J connectivity index is 1.42. The number of carbonyl (C=O) groups excluding carboxylic acids is 1. The number of aromatic hydroxyl groups is 1. The first-order valence-electron chi connectivity index (χ1n) is 13.1. The second kappa shape index (κ2) is 13.1. The standard InChI is InChI=1S/C30H26N8O4/c1-3-15-41-16-17-42-22-11-9-21(10-12-22)35-29(40)24-18-20-7-4-5-8-23(20)26(27(24)39)36-37-28-25(31-2)19-34-38(28)30-32-13-6-14-33-30/h4-14,18-19,39H,3,15-17H2,1H3,(H,35,40)/b37-36+. The van der Waals surface area contributed by atoms with Crippen LogP contribution in [-0.2, 0) is 4.74 Å². The molecule has 5 rings (SSSR count). The number of rotatable bonds is 11. The molecular weight excluding hydrogens is 536 g/mol. The number of benzene rings is 3. The van der Waals surface area contributed by atoms with Crippen LogP contribution in [0.1, 0.15) is 23.7 Å². The number of carbonyl (C=O) groups is 1. The maximum absolute atomic E-state index is 13.3. The van der Waals surface area contributed by atoms with Gasteiger partial charge in [0, 0.05) is 30.1 Å². The van der Waals surface area contributed by atoms with E-state index in [9.17, 15) is 9.90 Å². The van der Waals surface area contributed by atoms with Crippen molar-refractivity contribution in [2.75, 3.05) is 25.1 Å². The van der Waals surface area contributed by atoms with Crippen LogP contribution < -0.4 is 10.1 Å². The first-order chi connectivity index (χ1) is 20.6. The Bertz CT molecular complexity index is 1760. The summed E-state index contributed by atoms with van der Waals surface area (Å²) >= 11 is 0. The Labute approximate surface area is 241 Å². The van der Waals surface area contributed by atoms with Gasteiger partial charge in [0.05, 0.1) is 24.9 Å². The van der Waals surface area contributed by atoms with Crippen LogP contribution in [0.15, 0.2) is 89.5 Å². The van der Waals surface area contributed by atoms with E-state index in [-0.39, 0.29) is 34.5 Å². The fourth-order valence-electron chi connectivity index (χ4n) is 4.04. The zero-order valence-electron chi connectivity index (χ0n) is 22.6. The number of ether oxygens (including phenoxy) is 2. The fraction of sp³-hybridized carbons (Fsp3) is 0.167. The van der Waals surface area contributed by atoms with Crippen LogP contribution in [0, 0.1) is 6.57 Å². The molecule has 0 aliphatic heterocycles. The Morgan fingerprint density at radius 3 is 2.60 bits per heavy atom. The van der Waals surface area contributed by atoms with Gasteiger partial charge in [0.25, 0.3) is 17.5 Å². The second-order valence-corrected chi connectivity index (χ2v) is 8.91. The molecule has 0 saturated carbocycles. The monoisotopic (exact) mass is 562 g/mol. The van der Waals surface area contributed by atoms with Crippen LogP contribution in [0.3, 0.4) is 0 Å². The number of fused-ring (bicyclic) bond motifs is 1. The molecule has 2 heterocycles. The van der Waals surface area contributed by atoms with E-state index in [1.165, 1.54) is 23.3 Å². The van der Waals surface area contributed by atoms with Crippen LogP contribution in [0.5, 0.6) is 11.5 Å². The lowest BCUT2D eigenvalue weighted by Crippen LogP contribution is -2.12. The van der Waals surface area contributed by atoms with Crippen molar-refractivity contribution in [1.29, 1.82) is 0 Å². The second-order valence-electron chi connectivity index (χ2n) is 8.91. The Morgan fingerprint density at radius 1 is 1.05 bits per heavy atom. The lowest BCUT2D eigenvalue weighted by molar-refractivity contribution is 0.101. The molecule has 2 aromatic heterocycles. The SMILES string of the molecule is [C-]#[N+]c1cnn(-c2ncccn2)c1/N=N/c1c(O)c(C(=O)Nc2ccc(OCCOCCC)cc2)cc2ccccc12. The smallest absolute Gasteiger partial charge is 0.259 e. The molecule has 1 amide bonds. The number of azo groups is 1. The van der Waals surface area contributed by atoms with Crippen LogP contribution in [0.2, 0.25) is 0 Å². The maximum Gasteiger partial charge on any atom is 0.259 e. The summed E-state index contributed by atoms with van der Waals surface area (Å²) in [5.74, 6) is 0.0103. The van der Waals surface area contributed by atoms with Crippen molar-refractivity contribution in [3.63, 3.8) is 0 Å². The van der Waals surface area contributed by atoms with Gasteiger partial charge < -0.3 is 19.9 Å². The van der Waals surface area contributed by atoms with Gasteiger partial charge in [-0.15, -0.1) is 10.2 Å². The van der Waals surface area contributed by atoms with Gasteiger partial charge in [0.1, 0.15) is 18.0 Å². The van der Waals surface area contributed by atoms with Gasteiger partial charge in [-0.25, -0.2) is 14.8 Å². The van der Waals surface area contributed by atoms with Crippen LogP contribution in [0.4, 0.5) is 22.9 Å². The van der Waals surface area contributed by atoms with E-state index in [1.54, 1.807) is 54.6 Å². The van der Waals surface area contributed by atoms with Gasteiger partial charge in [-0.2, -0.15) is 9.78 Å². The molecule has 0 aliphatic rings. The van der Waals surface area contributed by atoms with Crippen molar-refractivity contribution in [1.82, 2.24) is 19.7 Å². The summed E-state index contributed by atoms with van der Waals surface area (Å²) in [5, 5.41) is 27.9. The van der Waals surface area contributed by atoms with E-state index in [4.69, 9.17) is 16.0 Å². The third-order valence-corrected chi connectivity index (χ3v) is 6.03. The number of phenols is 1. The minimum Gasteiger partial charge on any atom is -0.505 e. The molecule has 210 valence electrons. The van der Waals surface area contributed by atoms with Crippen LogP contribution in [0.25, 0.3) is 21.6 Å². The number of nitrogens with zero attached hydrogens (tertiary/aromatic N) is 7. The van der Waals surface area contributed by atoms with E-state index in [1.807, 2.05) is 13.0 Å². The summed E-state index contributed by atoms with van der Waals surface area (Å²) < 4.78 is 12.3. The molecule has 0 atom stereocenters. The molecule has 12 heteroatoms. The highest BCUT2D eigenvalue weighted by molar-refractivity contribution is 6.11. The minimum absolute atomic E-state index is 0.00125. The van der Waals surface area contributed by atoms with Crippen molar-refractivity contribution in [2.45, 2.75) is 13.3 Å². The molecular formula is C30H26N8O4. The Hall–Kier alpha value is -5.67. The van der Waals surface area contributed by atoms with Gasteiger partial charge in [0.15, 0.2) is 11.6 Å². The number of phenolic OH excluding ortho intramolecular Hbond substituents is 1. The minimum atomic E-state index is -0.541. The zero-order chi connectivity index (χ0) is 29.3. The predicted molar refractivity (Wildman–Crippen MR) is 156 cm³/mol. The average Bonchev–Trinajstić information content (AvgIpc) is 3.44. The first-order valence-corrected chi connectivity index (χ1v) is 13.1. The quantitative estimate of drug-likeness (QED) is 0.106. The van der Waals surface area contributed by atoms with Crippen molar-refractivity contribution < 1.29 is 19.4 Å². The van der Waals surface area contributed by atoms with Crippen LogP contribution >= 0.6 is 0 Å². The lowest BCUT2D eigenvalue weighted by Gasteiger charge is -2.12. The molecule has 0 bridgehead atoms. The molecule has 42 heavy (non-hydrogen) atoms. The van der Waals surface area contributed by atoms with Gasteiger partial charge in [-0.3, -0.25) is 4.79 Å². The summed E-state index contributed by atoms with van der Waals surface area (Å²) in [6, 6.07) is 17.3. The van der Waals surface area contributed by atoms with Crippen molar-refractivity contribution in [3.05, 3.63) is 96.2 Å². The van der Waals surface area contributed by atoms with E-state index in [0.29, 0.717) is 42.0 Å². The molecule has 0 aliphatic carbocycles. The van der Waals surface area contributed by atoms with Crippen molar-refractivity contribution in [3.8, 4) is 17.4 Å². The number of hydrogen-bond donors (Lipinski definition) is 2.